The Morgan fingerprint density at radius 1 is 1.39 bits per heavy atom. The Kier molecular flexibility index (Phi) is 5.63. The van der Waals surface area contributed by atoms with E-state index < -0.39 is 10.9 Å². The van der Waals surface area contributed by atoms with Crippen LogP contribution in [0.4, 0.5) is 11.4 Å². The number of nitrogens with one attached hydrogen (secondary N) is 1. The van der Waals surface area contributed by atoms with Crippen molar-refractivity contribution in [3.05, 3.63) is 34.4 Å². The number of carbonyl (C=O) groups is 1. The van der Waals surface area contributed by atoms with Gasteiger partial charge in [0, 0.05) is 12.5 Å². The maximum Gasteiger partial charge on any atom is 0.332 e. The van der Waals surface area contributed by atoms with Crippen LogP contribution in [0.3, 0.4) is 0 Å². The first-order chi connectivity index (χ1) is 8.65. The molecule has 0 unspecified atom stereocenters. The lowest BCUT2D eigenvalue weighted by molar-refractivity contribution is -0.384. The van der Waals surface area contributed by atoms with Crippen LogP contribution in [-0.2, 0) is 9.63 Å². The third-order valence-corrected chi connectivity index (χ3v) is 2.36. The van der Waals surface area contributed by atoms with E-state index in [1.807, 2.05) is 6.92 Å². The van der Waals surface area contributed by atoms with E-state index in [-0.39, 0.29) is 11.4 Å². The van der Waals surface area contributed by atoms with E-state index in [0.29, 0.717) is 6.42 Å². The lowest BCUT2D eigenvalue weighted by Crippen LogP contribution is -2.11. The first-order valence-electron chi connectivity index (χ1n) is 5.84. The first-order valence-corrected chi connectivity index (χ1v) is 5.84. The van der Waals surface area contributed by atoms with Crippen LogP contribution in [-0.4, -0.2) is 10.9 Å². The fraction of sp³-hybridized carbons (Fsp3) is 0.417. The van der Waals surface area contributed by atoms with Crippen LogP contribution in [0.25, 0.3) is 0 Å². The molecule has 0 saturated carbocycles. The molecule has 1 N–H and O–H groups in total. The number of hydrogen-bond donors (Lipinski definition) is 1. The van der Waals surface area contributed by atoms with Gasteiger partial charge >= 0.3 is 5.97 Å². The molecule has 1 rings (SSSR count). The molecule has 0 amide bonds. The third kappa shape index (κ3) is 4.40. The Balaban J connectivity index is 2.48. The van der Waals surface area contributed by atoms with E-state index in [1.54, 1.807) is 12.1 Å². The molecule has 0 radical (unpaired) electrons. The van der Waals surface area contributed by atoms with Crippen molar-refractivity contribution in [2.24, 2.45) is 0 Å². The molecule has 0 bridgehead atoms. The molecule has 0 heterocycles. The number of nitro groups is 1. The van der Waals surface area contributed by atoms with Gasteiger partial charge in [0.15, 0.2) is 0 Å². The average Bonchev–Trinajstić information content (AvgIpc) is 2.37. The minimum Gasteiger partial charge on any atom is -0.343 e. The molecule has 1 aromatic carbocycles. The number of hydrogen-bond acceptors (Lipinski definition) is 5. The Morgan fingerprint density at radius 2 is 2.11 bits per heavy atom. The lowest BCUT2D eigenvalue weighted by Gasteiger charge is -2.06. The van der Waals surface area contributed by atoms with E-state index in [9.17, 15) is 14.9 Å². The molecule has 0 aromatic heterocycles. The van der Waals surface area contributed by atoms with E-state index in [2.05, 4.69) is 5.48 Å². The van der Waals surface area contributed by atoms with Gasteiger partial charge in [-0.1, -0.05) is 31.9 Å². The van der Waals surface area contributed by atoms with Crippen LogP contribution in [0.5, 0.6) is 0 Å². The number of carbonyl (C=O) groups excluding carboxylic acids is 1. The molecule has 0 fully saturated rings. The molecular formula is C12H16N2O4. The van der Waals surface area contributed by atoms with Gasteiger partial charge in [-0.25, -0.2) is 10.3 Å². The topological polar surface area (TPSA) is 81.5 Å². The highest BCUT2D eigenvalue weighted by Gasteiger charge is 2.13. The van der Waals surface area contributed by atoms with Gasteiger partial charge in [0.05, 0.1) is 4.92 Å². The summed E-state index contributed by atoms with van der Waals surface area (Å²) in [6.45, 7) is 2.04. The molecule has 98 valence electrons. The standard InChI is InChI=1S/C12H16N2O4/c1-2-3-4-9-12(15)18-13-10-7-5-6-8-11(10)14(16)17/h5-8,13H,2-4,9H2,1H3. The van der Waals surface area contributed by atoms with Crippen LogP contribution in [0.15, 0.2) is 24.3 Å². The molecule has 6 heteroatoms. The zero-order valence-corrected chi connectivity index (χ0v) is 10.2. The summed E-state index contributed by atoms with van der Waals surface area (Å²) >= 11 is 0. The summed E-state index contributed by atoms with van der Waals surface area (Å²) in [6, 6.07) is 6.00. The molecule has 0 atom stereocenters. The molecule has 0 aliphatic heterocycles. The van der Waals surface area contributed by atoms with Crippen LogP contribution >= 0.6 is 0 Å². The van der Waals surface area contributed by atoms with Crippen molar-refractivity contribution >= 4 is 17.3 Å². The van der Waals surface area contributed by atoms with Gasteiger partial charge < -0.3 is 4.84 Å². The van der Waals surface area contributed by atoms with Crippen molar-refractivity contribution in [3.8, 4) is 0 Å². The molecule has 0 saturated heterocycles. The number of nitrogens with zero attached hydrogens (tertiary/aromatic N) is 1. The van der Waals surface area contributed by atoms with Crippen molar-refractivity contribution in [1.29, 1.82) is 0 Å². The highest BCUT2D eigenvalue weighted by atomic mass is 16.7. The summed E-state index contributed by atoms with van der Waals surface area (Å²) in [6.07, 6.45) is 3.04. The SMILES string of the molecule is CCCCCC(=O)ONc1ccccc1[N+](=O)[O-]. The third-order valence-electron chi connectivity index (χ3n) is 2.36. The maximum absolute atomic E-state index is 11.3. The highest BCUT2D eigenvalue weighted by molar-refractivity contribution is 5.71. The number of anilines is 1. The van der Waals surface area contributed by atoms with E-state index in [1.165, 1.54) is 12.1 Å². The van der Waals surface area contributed by atoms with Gasteiger partial charge in [-0.2, -0.15) is 0 Å². The highest BCUT2D eigenvalue weighted by Crippen LogP contribution is 2.23. The van der Waals surface area contributed by atoms with Crippen molar-refractivity contribution in [3.63, 3.8) is 0 Å². The number of unbranched alkanes of at least 4 members (excludes halogenated alkanes) is 2. The summed E-state index contributed by atoms with van der Waals surface area (Å²) in [7, 11) is 0. The Morgan fingerprint density at radius 3 is 2.78 bits per heavy atom. The van der Waals surface area contributed by atoms with E-state index >= 15 is 0 Å². The van der Waals surface area contributed by atoms with E-state index in [4.69, 9.17) is 4.84 Å². The minimum atomic E-state index is -0.534. The normalized spacial score (nSPS) is 9.83. The Bertz CT molecular complexity index is 420. The maximum atomic E-state index is 11.3. The van der Waals surface area contributed by atoms with Crippen LogP contribution in [0.2, 0.25) is 0 Å². The molecule has 0 aliphatic rings. The summed E-state index contributed by atoms with van der Waals surface area (Å²) in [5.41, 5.74) is 2.38. The summed E-state index contributed by atoms with van der Waals surface area (Å²) in [5.74, 6) is -0.415. The van der Waals surface area contributed by atoms with Crippen LogP contribution in [0, 0.1) is 10.1 Å². The van der Waals surface area contributed by atoms with Crippen LogP contribution < -0.4 is 5.48 Å². The largest absolute Gasteiger partial charge is 0.343 e. The van der Waals surface area contributed by atoms with Gasteiger partial charge in [0.25, 0.3) is 5.69 Å². The van der Waals surface area contributed by atoms with Crippen LogP contribution in [0.1, 0.15) is 32.6 Å². The summed E-state index contributed by atoms with van der Waals surface area (Å²) < 4.78 is 0. The second kappa shape index (κ2) is 7.26. The van der Waals surface area contributed by atoms with Crippen molar-refractivity contribution in [2.75, 3.05) is 5.48 Å². The molecular weight excluding hydrogens is 236 g/mol. The quantitative estimate of drug-likeness (QED) is 0.458. The lowest BCUT2D eigenvalue weighted by atomic mass is 10.2. The van der Waals surface area contributed by atoms with Gasteiger partial charge in [0.1, 0.15) is 5.69 Å². The smallest absolute Gasteiger partial charge is 0.332 e. The number of benzene rings is 1. The molecule has 0 spiro atoms. The fourth-order valence-electron chi connectivity index (χ4n) is 1.40. The molecule has 18 heavy (non-hydrogen) atoms. The average molecular weight is 252 g/mol. The summed E-state index contributed by atoms with van der Waals surface area (Å²) in [5, 5.41) is 10.7. The van der Waals surface area contributed by atoms with Gasteiger partial charge in [-0.05, 0) is 12.5 Å². The molecule has 6 nitrogen and oxygen atoms in total. The monoisotopic (exact) mass is 252 g/mol. The Hall–Kier alpha value is -2.11. The first kappa shape index (κ1) is 14.0. The summed E-state index contributed by atoms with van der Waals surface area (Å²) in [4.78, 5) is 26.3. The zero-order valence-electron chi connectivity index (χ0n) is 10.2. The van der Waals surface area contributed by atoms with Crippen molar-refractivity contribution in [1.82, 2.24) is 0 Å². The zero-order chi connectivity index (χ0) is 13.4. The van der Waals surface area contributed by atoms with Crippen molar-refractivity contribution in [2.45, 2.75) is 32.6 Å². The number of rotatable bonds is 7. The second-order valence-corrected chi connectivity index (χ2v) is 3.81. The molecule has 0 aliphatic carbocycles. The minimum absolute atomic E-state index is 0.126. The second-order valence-electron chi connectivity index (χ2n) is 3.81. The Labute approximate surface area is 105 Å². The van der Waals surface area contributed by atoms with Crippen molar-refractivity contribution < 1.29 is 14.6 Å². The number of para-hydroxylation sites is 2. The predicted molar refractivity (Wildman–Crippen MR) is 67.0 cm³/mol. The molecule has 1 aromatic rings. The predicted octanol–water partition coefficient (Wildman–Crippen LogP) is 3.05. The van der Waals surface area contributed by atoms with Gasteiger partial charge in [-0.15, -0.1) is 0 Å². The van der Waals surface area contributed by atoms with Gasteiger partial charge in [0.2, 0.25) is 0 Å². The van der Waals surface area contributed by atoms with E-state index in [0.717, 1.165) is 19.3 Å². The fourth-order valence-corrected chi connectivity index (χ4v) is 1.40. The van der Waals surface area contributed by atoms with Gasteiger partial charge in [-0.3, -0.25) is 10.1 Å². The number of nitro benzene ring substituents is 1.